The Balaban J connectivity index is 2.51. The monoisotopic (exact) mass is 238 g/mol. The first-order valence-electron chi connectivity index (χ1n) is 5.83. The number of nitrogens with one attached hydrogen (secondary N) is 1. The summed E-state index contributed by atoms with van der Waals surface area (Å²) in [4.78, 5) is 11.7. The van der Waals surface area contributed by atoms with E-state index in [1.807, 2.05) is 13.8 Å². The van der Waals surface area contributed by atoms with E-state index in [-0.39, 0.29) is 24.2 Å². The van der Waals surface area contributed by atoms with Gasteiger partial charge >= 0.3 is 0 Å². The Morgan fingerprint density at radius 2 is 2.12 bits per heavy atom. The van der Waals surface area contributed by atoms with Crippen molar-refractivity contribution in [3.63, 3.8) is 0 Å². The molecule has 0 aliphatic carbocycles. The topological polar surface area (TPSA) is 55.1 Å². The molecule has 0 aliphatic rings. The first-order chi connectivity index (χ1) is 8.06. The lowest BCUT2D eigenvalue weighted by Crippen LogP contribution is -2.44. The number of carbonyl (C=O) groups is 1. The minimum atomic E-state index is -0.535. The number of amides is 1. The Morgan fingerprint density at radius 1 is 1.47 bits per heavy atom. The normalized spacial score (nSPS) is 14.1. The Kier molecular flexibility index (Phi) is 5.10. The van der Waals surface area contributed by atoms with Gasteiger partial charge in [-0.05, 0) is 12.0 Å². The van der Waals surface area contributed by atoms with Gasteiger partial charge in [0.15, 0.2) is 0 Å². The fourth-order valence-corrected chi connectivity index (χ4v) is 1.45. The highest BCUT2D eigenvalue weighted by Crippen LogP contribution is 2.07. The fourth-order valence-electron chi connectivity index (χ4n) is 1.45. The van der Waals surface area contributed by atoms with Crippen LogP contribution in [0.5, 0.6) is 0 Å². The van der Waals surface area contributed by atoms with Gasteiger partial charge in [0.05, 0.1) is 6.04 Å². The second-order valence-electron chi connectivity index (χ2n) is 4.22. The molecule has 2 unspecified atom stereocenters. The number of rotatable bonds is 5. The highest BCUT2D eigenvalue weighted by atomic mass is 19.1. The number of benzene rings is 1. The third-order valence-corrected chi connectivity index (χ3v) is 2.97. The van der Waals surface area contributed by atoms with Gasteiger partial charge in [0.1, 0.15) is 5.82 Å². The van der Waals surface area contributed by atoms with Gasteiger partial charge in [0, 0.05) is 12.1 Å². The van der Waals surface area contributed by atoms with Crippen molar-refractivity contribution in [2.45, 2.75) is 32.9 Å². The largest absolute Gasteiger partial charge is 0.351 e. The van der Waals surface area contributed by atoms with Crippen LogP contribution in [0.2, 0.25) is 0 Å². The number of nitrogens with two attached hydrogens (primary N) is 1. The lowest BCUT2D eigenvalue weighted by Gasteiger charge is -2.17. The summed E-state index contributed by atoms with van der Waals surface area (Å²) in [5, 5.41) is 2.65. The summed E-state index contributed by atoms with van der Waals surface area (Å²) in [6.07, 6.45) is 0.842. The third kappa shape index (κ3) is 3.82. The lowest BCUT2D eigenvalue weighted by molar-refractivity contribution is -0.123. The van der Waals surface area contributed by atoms with Crippen molar-refractivity contribution in [1.29, 1.82) is 0 Å². The molecule has 1 amide bonds. The maximum Gasteiger partial charge on any atom is 0.237 e. The Bertz CT molecular complexity index is 381. The molecule has 0 aromatic heterocycles. The second-order valence-corrected chi connectivity index (χ2v) is 4.22. The van der Waals surface area contributed by atoms with Gasteiger partial charge in [-0.15, -0.1) is 0 Å². The molecule has 0 spiro atoms. The van der Waals surface area contributed by atoms with Crippen LogP contribution >= 0.6 is 0 Å². The van der Waals surface area contributed by atoms with E-state index in [0.717, 1.165) is 6.42 Å². The van der Waals surface area contributed by atoms with Crippen LogP contribution in [-0.4, -0.2) is 11.9 Å². The van der Waals surface area contributed by atoms with Crippen LogP contribution in [0.25, 0.3) is 0 Å². The standard InChI is InChI=1S/C13H19FN2O/c1-3-9(2)12(15)13(17)16-8-10-6-4-5-7-11(10)14/h4-7,9,12H,3,8,15H2,1-2H3,(H,16,17). The summed E-state index contributed by atoms with van der Waals surface area (Å²) in [5.74, 6) is -0.428. The van der Waals surface area contributed by atoms with Crippen molar-refractivity contribution in [3.05, 3.63) is 35.6 Å². The fraction of sp³-hybridized carbons (Fsp3) is 0.462. The van der Waals surface area contributed by atoms with E-state index >= 15 is 0 Å². The molecule has 4 heteroatoms. The van der Waals surface area contributed by atoms with Crippen molar-refractivity contribution in [2.24, 2.45) is 11.7 Å². The molecule has 0 saturated carbocycles. The molecule has 0 aliphatic heterocycles. The van der Waals surface area contributed by atoms with E-state index in [9.17, 15) is 9.18 Å². The number of halogens is 1. The first kappa shape index (κ1) is 13.6. The SMILES string of the molecule is CCC(C)C(N)C(=O)NCc1ccccc1F. The molecule has 0 radical (unpaired) electrons. The summed E-state index contributed by atoms with van der Waals surface area (Å²) in [5.41, 5.74) is 6.24. The van der Waals surface area contributed by atoms with Gasteiger partial charge in [-0.3, -0.25) is 4.79 Å². The van der Waals surface area contributed by atoms with Crippen LogP contribution in [0.3, 0.4) is 0 Å². The van der Waals surface area contributed by atoms with Gasteiger partial charge in [-0.25, -0.2) is 4.39 Å². The van der Waals surface area contributed by atoms with Crippen molar-refractivity contribution in [1.82, 2.24) is 5.32 Å². The summed E-state index contributed by atoms with van der Waals surface area (Å²) in [6.45, 7) is 4.08. The zero-order valence-corrected chi connectivity index (χ0v) is 10.2. The number of hydrogen-bond donors (Lipinski definition) is 2. The zero-order chi connectivity index (χ0) is 12.8. The number of carbonyl (C=O) groups excluding carboxylic acids is 1. The van der Waals surface area contributed by atoms with Crippen LogP contribution in [0.15, 0.2) is 24.3 Å². The lowest BCUT2D eigenvalue weighted by atomic mass is 9.99. The Labute approximate surface area is 101 Å². The highest BCUT2D eigenvalue weighted by Gasteiger charge is 2.19. The van der Waals surface area contributed by atoms with Gasteiger partial charge in [-0.1, -0.05) is 38.5 Å². The predicted octanol–water partition coefficient (Wildman–Crippen LogP) is 1.82. The van der Waals surface area contributed by atoms with Crippen molar-refractivity contribution < 1.29 is 9.18 Å². The molecule has 1 aromatic rings. The third-order valence-electron chi connectivity index (χ3n) is 2.97. The molecule has 17 heavy (non-hydrogen) atoms. The molecule has 0 heterocycles. The maximum absolute atomic E-state index is 13.3. The van der Waals surface area contributed by atoms with E-state index in [1.54, 1.807) is 18.2 Å². The molecular formula is C13H19FN2O. The average molecular weight is 238 g/mol. The number of hydrogen-bond acceptors (Lipinski definition) is 2. The molecule has 3 N–H and O–H groups in total. The van der Waals surface area contributed by atoms with Crippen LogP contribution in [0, 0.1) is 11.7 Å². The highest BCUT2D eigenvalue weighted by molar-refractivity contribution is 5.81. The predicted molar refractivity (Wildman–Crippen MR) is 65.7 cm³/mol. The first-order valence-corrected chi connectivity index (χ1v) is 5.83. The van der Waals surface area contributed by atoms with Crippen LogP contribution in [0.4, 0.5) is 4.39 Å². The molecule has 3 nitrogen and oxygen atoms in total. The minimum Gasteiger partial charge on any atom is -0.351 e. The smallest absolute Gasteiger partial charge is 0.237 e. The van der Waals surface area contributed by atoms with Gasteiger partial charge < -0.3 is 11.1 Å². The molecule has 1 rings (SSSR count). The van der Waals surface area contributed by atoms with Gasteiger partial charge in [0.25, 0.3) is 0 Å². The van der Waals surface area contributed by atoms with Crippen molar-refractivity contribution >= 4 is 5.91 Å². The van der Waals surface area contributed by atoms with Crippen LogP contribution in [0.1, 0.15) is 25.8 Å². The maximum atomic E-state index is 13.3. The Hall–Kier alpha value is -1.42. The Morgan fingerprint density at radius 3 is 2.71 bits per heavy atom. The summed E-state index contributed by atoms with van der Waals surface area (Å²) in [6, 6.07) is 5.83. The summed E-state index contributed by atoms with van der Waals surface area (Å²) in [7, 11) is 0. The zero-order valence-electron chi connectivity index (χ0n) is 10.2. The molecular weight excluding hydrogens is 219 g/mol. The summed E-state index contributed by atoms with van der Waals surface area (Å²) >= 11 is 0. The van der Waals surface area contributed by atoms with Gasteiger partial charge in [0.2, 0.25) is 5.91 Å². The molecule has 1 aromatic carbocycles. The summed E-state index contributed by atoms with van der Waals surface area (Å²) < 4.78 is 13.3. The van der Waals surface area contributed by atoms with E-state index in [0.29, 0.717) is 5.56 Å². The van der Waals surface area contributed by atoms with Crippen LogP contribution < -0.4 is 11.1 Å². The van der Waals surface area contributed by atoms with E-state index in [1.165, 1.54) is 6.07 Å². The van der Waals surface area contributed by atoms with E-state index in [4.69, 9.17) is 5.73 Å². The second kappa shape index (κ2) is 6.35. The molecule has 94 valence electrons. The van der Waals surface area contributed by atoms with Gasteiger partial charge in [-0.2, -0.15) is 0 Å². The quantitative estimate of drug-likeness (QED) is 0.822. The average Bonchev–Trinajstić information content (AvgIpc) is 2.35. The molecule has 0 fully saturated rings. The molecule has 2 atom stereocenters. The van der Waals surface area contributed by atoms with E-state index in [2.05, 4.69) is 5.32 Å². The minimum absolute atomic E-state index is 0.121. The molecule has 0 bridgehead atoms. The molecule has 0 saturated heterocycles. The van der Waals surface area contributed by atoms with Crippen molar-refractivity contribution in [2.75, 3.05) is 0 Å². The van der Waals surface area contributed by atoms with E-state index < -0.39 is 6.04 Å². The van der Waals surface area contributed by atoms with Crippen LogP contribution in [-0.2, 0) is 11.3 Å². The van der Waals surface area contributed by atoms with Crippen molar-refractivity contribution in [3.8, 4) is 0 Å².